The van der Waals surface area contributed by atoms with Crippen molar-refractivity contribution in [2.45, 2.75) is 85.5 Å². The Morgan fingerprint density at radius 3 is 2.07 bits per heavy atom. The molecule has 1 aromatic heterocycles. The lowest BCUT2D eigenvalue weighted by molar-refractivity contribution is -0.846. The van der Waals surface area contributed by atoms with E-state index in [1.165, 1.54) is 54.2 Å². The van der Waals surface area contributed by atoms with Crippen LogP contribution in [0.5, 0.6) is 0 Å². The molecule has 5 rings (SSSR count). The molecule has 2 atom stereocenters. The molecule has 2 aliphatic heterocycles. The Labute approximate surface area is 295 Å². The summed E-state index contributed by atoms with van der Waals surface area (Å²) in [4.78, 5) is 8.83. The van der Waals surface area contributed by atoms with E-state index in [0.717, 1.165) is 69.8 Å². The van der Waals surface area contributed by atoms with E-state index in [1.54, 1.807) is 0 Å². The summed E-state index contributed by atoms with van der Waals surface area (Å²) in [5.41, 5.74) is 4.74. The lowest BCUT2D eigenvalue weighted by atomic mass is 10.2. The number of piperazine rings is 1. The molecule has 0 radical (unpaired) electrons. The summed E-state index contributed by atoms with van der Waals surface area (Å²) >= 11 is 25.9. The number of quaternary nitrogens is 1. The third-order valence-corrected chi connectivity index (χ3v) is 10.9. The van der Waals surface area contributed by atoms with E-state index in [4.69, 9.17) is 46.4 Å². The summed E-state index contributed by atoms with van der Waals surface area (Å²) in [6.45, 7) is 16.7. The number of hydrogen-bond acceptors (Lipinski definition) is 3. The van der Waals surface area contributed by atoms with Crippen LogP contribution in [0, 0.1) is 0 Å². The van der Waals surface area contributed by atoms with E-state index in [1.807, 2.05) is 12.1 Å². The third-order valence-electron chi connectivity index (χ3n) is 9.49. The van der Waals surface area contributed by atoms with Gasteiger partial charge in [-0.05, 0) is 45.6 Å². The van der Waals surface area contributed by atoms with Crippen LogP contribution < -0.4 is 14.4 Å². The molecular weight excluding hydrogens is 658 g/mol. The monoisotopic (exact) mass is 706 g/mol. The molecule has 1 saturated heterocycles. The maximum absolute atomic E-state index is 6.51. The number of unbranched alkanes of at least 4 members (excludes halogenated alkanes) is 4. The van der Waals surface area contributed by atoms with Crippen LogP contribution in [0.25, 0.3) is 17.1 Å². The zero-order valence-electron chi connectivity index (χ0n) is 27.8. The summed E-state index contributed by atoms with van der Waals surface area (Å²) in [5.74, 6) is 1.20. The fourth-order valence-electron chi connectivity index (χ4n) is 6.99. The Kier molecular flexibility index (Phi) is 12.5. The number of nitrogens with zero attached hydrogens (tertiary/aromatic N) is 5. The highest BCUT2D eigenvalue weighted by molar-refractivity contribution is 6.43. The van der Waals surface area contributed by atoms with Crippen molar-refractivity contribution >= 4 is 74.9 Å². The number of anilines is 1. The summed E-state index contributed by atoms with van der Waals surface area (Å²) in [6.07, 6.45) is 16.7. The third kappa shape index (κ3) is 7.63. The quantitative estimate of drug-likeness (QED) is 0.134. The predicted octanol–water partition coefficient (Wildman–Crippen LogP) is 8.43. The van der Waals surface area contributed by atoms with Crippen molar-refractivity contribution in [1.29, 1.82) is 0 Å². The maximum atomic E-state index is 6.51. The Morgan fingerprint density at radius 1 is 0.761 bits per heavy atom. The number of fused-ring (bicyclic) bond motifs is 2. The molecule has 3 aromatic rings. The number of halogens is 4. The van der Waals surface area contributed by atoms with Crippen molar-refractivity contribution in [3.05, 3.63) is 68.7 Å². The van der Waals surface area contributed by atoms with Gasteiger partial charge in [0.1, 0.15) is 5.69 Å². The van der Waals surface area contributed by atoms with Gasteiger partial charge in [-0.2, -0.15) is 0 Å². The number of aryl methyl sites for hydroxylation is 2. The largest absolute Gasteiger partial charge is 0.374 e. The average molecular weight is 709 g/mol. The topological polar surface area (TPSA) is 23.0 Å². The number of hydrogen-bond donors (Lipinski definition) is 1. The molecule has 2 unspecified atom stereocenters. The van der Waals surface area contributed by atoms with Crippen molar-refractivity contribution < 1.29 is 9.47 Å². The van der Waals surface area contributed by atoms with Crippen molar-refractivity contribution in [1.82, 2.24) is 14.4 Å². The molecule has 1 N–H and O–H groups in total. The van der Waals surface area contributed by atoms with Gasteiger partial charge in [0.15, 0.2) is 22.9 Å². The molecule has 2 aliphatic rings. The number of imidazole rings is 1. The van der Waals surface area contributed by atoms with Crippen LogP contribution in [-0.2, 0) is 13.1 Å². The fraction of sp³-hybridized carbons (Fsp3) is 0.528. The maximum Gasteiger partial charge on any atom is 0.283 e. The van der Waals surface area contributed by atoms with Crippen LogP contribution in [0.4, 0.5) is 11.4 Å². The van der Waals surface area contributed by atoms with Gasteiger partial charge >= 0.3 is 0 Å². The molecule has 0 aliphatic carbocycles. The lowest BCUT2D eigenvalue weighted by Crippen LogP contribution is -3.11. The fourth-order valence-corrected chi connectivity index (χ4v) is 7.63. The van der Waals surface area contributed by atoms with E-state index < -0.39 is 0 Å². The van der Waals surface area contributed by atoms with Gasteiger partial charge in [-0.1, -0.05) is 73.1 Å². The average Bonchev–Trinajstić information content (AvgIpc) is 3.49. The molecule has 6 nitrogen and oxygen atoms in total. The Hall–Kier alpha value is -2.09. The standard InChI is InChI=1S/C36H49Cl4N6/c1-5-9-11-15-45-33-25-29(39)27(37)23-31(33)43(7-3)35(45)13-17-41-19-21-42(22-20-41)18-14-36-44(8-4)32-24-28(38)30(40)26-34(32)46(36)16-12-10-6-2/h13-14,17-18,23-26,35H,5-12,15-16,19-22H2,1-4H3/q+1/p+1/b17-13+. The molecular formula is C36H50Cl4N6+2. The molecule has 2 aromatic carbocycles. The van der Waals surface area contributed by atoms with Crippen LogP contribution in [0.3, 0.4) is 0 Å². The van der Waals surface area contributed by atoms with Gasteiger partial charge in [-0.15, -0.1) is 0 Å². The number of likely N-dealkylation sites (N-methyl/N-ethyl adjacent to an activating group) is 1. The van der Waals surface area contributed by atoms with Gasteiger partial charge in [-0.25, -0.2) is 9.13 Å². The van der Waals surface area contributed by atoms with E-state index in [9.17, 15) is 0 Å². The van der Waals surface area contributed by atoms with E-state index in [-0.39, 0.29) is 6.17 Å². The second kappa shape index (κ2) is 16.3. The Bertz CT molecular complexity index is 1540. The molecule has 0 amide bonds. The highest BCUT2D eigenvalue weighted by Gasteiger charge is 2.39. The second-order valence-electron chi connectivity index (χ2n) is 12.4. The highest BCUT2D eigenvalue weighted by Crippen LogP contribution is 2.37. The molecule has 46 heavy (non-hydrogen) atoms. The minimum Gasteiger partial charge on any atom is -0.374 e. The first-order valence-corrected chi connectivity index (χ1v) is 18.7. The van der Waals surface area contributed by atoms with Crippen LogP contribution >= 0.6 is 46.4 Å². The van der Waals surface area contributed by atoms with E-state index in [0.29, 0.717) is 20.1 Å². The van der Waals surface area contributed by atoms with Gasteiger partial charge in [-0.3, -0.25) is 4.90 Å². The van der Waals surface area contributed by atoms with Gasteiger partial charge in [0.25, 0.3) is 5.82 Å². The molecule has 1 fully saturated rings. The Balaban J connectivity index is 1.30. The van der Waals surface area contributed by atoms with Crippen LogP contribution in [0.1, 0.15) is 72.0 Å². The van der Waals surface area contributed by atoms with Crippen LogP contribution in [0.15, 0.2) is 42.7 Å². The summed E-state index contributed by atoms with van der Waals surface area (Å²) in [6, 6.07) is 8.17. The predicted molar refractivity (Wildman–Crippen MR) is 197 cm³/mol. The second-order valence-corrected chi connectivity index (χ2v) is 14.1. The molecule has 0 bridgehead atoms. The highest BCUT2D eigenvalue weighted by atomic mass is 35.5. The zero-order valence-corrected chi connectivity index (χ0v) is 30.9. The van der Waals surface area contributed by atoms with E-state index >= 15 is 0 Å². The Morgan fingerprint density at radius 2 is 1.39 bits per heavy atom. The number of nitrogens with one attached hydrogen (secondary N) is 1. The first kappa shape index (κ1) is 35.2. The van der Waals surface area contributed by atoms with Gasteiger partial charge in [0.05, 0.1) is 39.7 Å². The minimum absolute atomic E-state index is 0.227. The summed E-state index contributed by atoms with van der Waals surface area (Å²) in [5, 5.41) is 2.47. The van der Waals surface area contributed by atoms with Crippen molar-refractivity contribution in [3.8, 4) is 0 Å². The van der Waals surface area contributed by atoms with Gasteiger partial charge in [0, 0.05) is 75.5 Å². The van der Waals surface area contributed by atoms with Gasteiger partial charge in [0.2, 0.25) is 0 Å². The van der Waals surface area contributed by atoms with Crippen molar-refractivity contribution in [2.75, 3.05) is 44.2 Å². The molecule has 3 heterocycles. The van der Waals surface area contributed by atoms with Crippen molar-refractivity contribution in [3.63, 3.8) is 0 Å². The number of rotatable bonds is 14. The lowest BCUT2D eigenvalue weighted by Gasteiger charge is -2.34. The molecule has 0 saturated carbocycles. The minimum atomic E-state index is 0.227. The summed E-state index contributed by atoms with van der Waals surface area (Å²) < 4.78 is 4.77. The molecule has 10 heteroatoms. The first-order valence-electron chi connectivity index (χ1n) is 17.2. The molecule has 250 valence electrons. The normalized spacial score (nSPS) is 18.7. The van der Waals surface area contributed by atoms with E-state index in [2.05, 4.69) is 88.2 Å². The SMILES string of the molecule is CCCCC[n+]1c(/C=C/N2CCN(/C=C/C3N(CC)c4cc(Cl)c(Cl)cc4[NH+]3CCCCC)CC2)n(CC)c2cc(Cl)c(Cl)cc21. The first-order chi connectivity index (χ1) is 22.3. The zero-order chi connectivity index (χ0) is 32.8. The van der Waals surface area contributed by atoms with Crippen molar-refractivity contribution in [2.24, 2.45) is 0 Å². The summed E-state index contributed by atoms with van der Waals surface area (Å²) in [7, 11) is 0. The number of benzene rings is 2. The van der Waals surface area contributed by atoms with Crippen LogP contribution in [0.2, 0.25) is 20.1 Å². The van der Waals surface area contributed by atoms with Crippen LogP contribution in [-0.4, -0.2) is 59.8 Å². The smallest absolute Gasteiger partial charge is 0.283 e. The molecule has 0 spiro atoms. The van der Waals surface area contributed by atoms with Gasteiger partial charge < -0.3 is 14.7 Å². The number of aromatic nitrogens is 2.